The third-order valence-electron chi connectivity index (χ3n) is 11.8. The van der Waals surface area contributed by atoms with Crippen LogP contribution in [-0.2, 0) is 0 Å². The Morgan fingerprint density at radius 2 is 0.939 bits per heavy atom. The van der Waals surface area contributed by atoms with E-state index in [1.807, 2.05) is 85.2 Å². The highest BCUT2D eigenvalue weighted by molar-refractivity contribution is 6.10. The molecule has 0 N–H and O–H groups in total. The number of ether oxygens (including phenoxy) is 5. The van der Waals surface area contributed by atoms with Gasteiger partial charge < -0.3 is 23.7 Å². The number of nitrogens with zero attached hydrogens (tertiary/aromatic N) is 6. The summed E-state index contributed by atoms with van der Waals surface area (Å²) in [7, 11) is 4.72. The summed E-state index contributed by atoms with van der Waals surface area (Å²) in [6, 6.07) is 46.7. The van der Waals surface area contributed by atoms with Crippen LogP contribution in [-0.4, -0.2) is 50.4 Å². The van der Waals surface area contributed by atoms with Gasteiger partial charge in [0.25, 0.3) is 0 Å². The van der Waals surface area contributed by atoms with Gasteiger partial charge in [0, 0.05) is 51.6 Å². The van der Waals surface area contributed by atoms with Crippen LogP contribution in [0.15, 0.2) is 164 Å². The Morgan fingerprint density at radius 3 is 1.50 bits per heavy atom. The molecular formula is C55H42N6O5. The first-order chi connectivity index (χ1) is 32.4. The van der Waals surface area contributed by atoms with E-state index in [-0.39, 0.29) is 0 Å². The summed E-state index contributed by atoms with van der Waals surface area (Å²) >= 11 is 0. The molecule has 66 heavy (non-hydrogen) atoms. The topological polar surface area (TPSA) is 108 Å². The number of hydrogen-bond donors (Lipinski definition) is 0. The molecule has 0 atom stereocenters. The minimum Gasteiger partial charge on any atom is -0.492 e. The molecule has 322 valence electrons. The van der Waals surface area contributed by atoms with Crippen molar-refractivity contribution < 1.29 is 23.7 Å². The van der Waals surface area contributed by atoms with Gasteiger partial charge in [-0.2, -0.15) is 0 Å². The molecule has 0 unspecified atom stereocenters. The van der Waals surface area contributed by atoms with Gasteiger partial charge in [-0.05, 0) is 104 Å². The number of hydrogen-bond acceptors (Lipinski definition) is 9. The second-order valence-corrected chi connectivity index (χ2v) is 16.0. The van der Waals surface area contributed by atoms with Gasteiger partial charge in [-0.1, -0.05) is 48.5 Å². The van der Waals surface area contributed by atoms with Crippen molar-refractivity contribution in [3.05, 3.63) is 175 Å². The van der Waals surface area contributed by atoms with Crippen LogP contribution in [0.2, 0.25) is 0 Å². The van der Waals surface area contributed by atoms with Gasteiger partial charge in [0.2, 0.25) is 11.5 Å². The van der Waals surface area contributed by atoms with Crippen molar-refractivity contribution in [1.82, 2.24) is 29.1 Å². The van der Waals surface area contributed by atoms with Crippen molar-refractivity contribution in [2.45, 2.75) is 13.8 Å². The molecule has 0 radical (unpaired) electrons. The number of aromatic nitrogens is 6. The lowest BCUT2D eigenvalue weighted by Crippen LogP contribution is -2.01. The second-order valence-electron chi connectivity index (χ2n) is 16.0. The van der Waals surface area contributed by atoms with Crippen molar-refractivity contribution >= 4 is 43.6 Å². The zero-order chi connectivity index (χ0) is 44.9. The highest BCUT2D eigenvalue weighted by Crippen LogP contribution is 2.51. The van der Waals surface area contributed by atoms with E-state index in [1.54, 1.807) is 33.7 Å². The molecule has 0 aliphatic rings. The normalized spacial score (nSPS) is 11.4. The molecule has 0 saturated heterocycles. The molecule has 0 saturated carbocycles. The van der Waals surface area contributed by atoms with Gasteiger partial charge in [-0.15, -0.1) is 0 Å². The molecule has 0 bridgehead atoms. The van der Waals surface area contributed by atoms with E-state index >= 15 is 0 Å². The average Bonchev–Trinajstić information content (AvgIpc) is 3.86. The first-order valence-electron chi connectivity index (χ1n) is 21.4. The monoisotopic (exact) mass is 866 g/mol. The van der Waals surface area contributed by atoms with Crippen LogP contribution in [0, 0.1) is 13.8 Å². The number of para-hydroxylation sites is 2. The minimum absolute atomic E-state index is 0.357. The van der Waals surface area contributed by atoms with E-state index in [0.29, 0.717) is 57.2 Å². The first kappa shape index (κ1) is 40.1. The van der Waals surface area contributed by atoms with E-state index in [1.165, 1.54) is 0 Å². The summed E-state index contributed by atoms with van der Waals surface area (Å²) in [4.78, 5) is 19.2. The number of benzene rings is 6. The van der Waals surface area contributed by atoms with E-state index in [9.17, 15) is 0 Å². The molecule has 11 aromatic rings. The summed E-state index contributed by atoms with van der Waals surface area (Å²) in [5.74, 6) is 5.17. The fourth-order valence-electron chi connectivity index (χ4n) is 8.85. The Morgan fingerprint density at radius 1 is 0.409 bits per heavy atom. The summed E-state index contributed by atoms with van der Waals surface area (Å²) < 4.78 is 35.3. The standard InChI is InChI=1S/C55H42N6O5/c1-33-21-23-56-51(25-33)60-46-15-8-6-13-39(46)41-19-17-37(28-48(41)60)65-36-12-10-11-35(27-36)44-31-59-45(32-58-44)43-30-50(54(63-4)55(64-5)53(43)62-3)66-38-18-20-42-40-14-7-9-16-47(40)61(49(42)29-38)52-26-34(2)22-24-57-52/h6-32H,1-5H3. The molecule has 6 aromatic carbocycles. The molecule has 5 heterocycles. The maximum Gasteiger partial charge on any atom is 0.207 e. The SMILES string of the molecule is COc1c(Oc2ccc3c4ccccc4n(-c4cc(C)ccn4)c3c2)cc(-c2cnc(-c3cccc(Oc4ccc5c6ccccc6n(-c6cc(C)ccn6)c5c4)c3)cn2)c(OC)c1OC. The van der Waals surface area contributed by atoms with Gasteiger partial charge in [0.15, 0.2) is 11.5 Å². The van der Waals surface area contributed by atoms with Gasteiger partial charge in [-0.3, -0.25) is 19.1 Å². The van der Waals surface area contributed by atoms with Crippen molar-refractivity contribution in [1.29, 1.82) is 0 Å². The number of pyridine rings is 2. The highest BCUT2D eigenvalue weighted by atomic mass is 16.5. The van der Waals surface area contributed by atoms with E-state index in [4.69, 9.17) is 43.6 Å². The summed E-state index contributed by atoms with van der Waals surface area (Å²) in [6.45, 7) is 4.14. The van der Waals surface area contributed by atoms with Crippen molar-refractivity contribution in [2.75, 3.05) is 21.3 Å². The Hall–Kier alpha value is -8.70. The number of rotatable bonds is 11. The van der Waals surface area contributed by atoms with Crippen LogP contribution >= 0.6 is 0 Å². The Kier molecular flexibility index (Phi) is 10.00. The molecular weight excluding hydrogens is 825 g/mol. The lowest BCUT2D eigenvalue weighted by molar-refractivity contribution is 0.313. The fraction of sp³-hybridized carbons (Fsp3) is 0.0909. The van der Waals surface area contributed by atoms with E-state index in [2.05, 4.69) is 89.7 Å². The predicted octanol–water partition coefficient (Wildman–Crippen LogP) is 13.0. The van der Waals surface area contributed by atoms with Crippen molar-refractivity contribution in [3.8, 4) is 74.4 Å². The molecule has 0 amide bonds. The molecule has 0 spiro atoms. The highest BCUT2D eigenvalue weighted by Gasteiger charge is 2.25. The van der Waals surface area contributed by atoms with Crippen LogP contribution in [0.25, 0.3) is 77.8 Å². The van der Waals surface area contributed by atoms with E-state index in [0.717, 1.165) is 71.9 Å². The van der Waals surface area contributed by atoms with Gasteiger partial charge >= 0.3 is 0 Å². The molecule has 11 heteroatoms. The minimum atomic E-state index is 0.357. The lowest BCUT2D eigenvalue weighted by atomic mass is 10.1. The number of methoxy groups -OCH3 is 3. The van der Waals surface area contributed by atoms with Gasteiger partial charge in [0.05, 0.1) is 72.7 Å². The maximum absolute atomic E-state index is 6.69. The predicted molar refractivity (Wildman–Crippen MR) is 259 cm³/mol. The van der Waals surface area contributed by atoms with Crippen molar-refractivity contribution in [3.63, 3.8) is 0 Å². The second kappa shape index (κ2) is 16.5. The van der Waals surface area contributed by atoms with Gasteiger partial charge in [0.1, 0.15) is 28.9 Å². The van der Waals surface area contributed by atoms with Crippen LogP contribution < -0.4 is 23.7 Å². The summed E-state index contributed by atoms with van der Waals surface area (Å²) in [5.41, 5.74) is 8.97. The summed E-state index contributed by atoms with van der Waals surface area (Å²) in [6.07, 6.45) is 7.12. The number of aryl methyl sites for hydroxylation is 2. The van der Waals surface area contributed by atoms with Crippen molar-refractivity contribution in [2.24, 2.45) is 0 Å². The van der Waals surface area contributed by atoms with Crippen LogP contribution in [0.5, 0.6) is 40.2 Å². The quantitative estimate of drug-likeness (QED) is 0.126. The largest absolute Gasteiger partial charge is 0.492 e. The van der Waals surface area contributed by atoms with Crippen LogP contribution in [0.4, 0.5) is 0 Å². The Labute approximate surface area is 380 Å². The lowest BCUT2D eigenvalue weighted by Gasteiger charge is -2.19. The first-order valence-corrected chi connectivity index (χ1v) is 21.4. The molecule has 11 nitrogen and oxygen atoms in total. The van der Waals surface area contributed by atoms with E-state index < -0.39 is 0 Å². The maximum atomic E-state index is 6.69. The van der Waals surface area contributed by atoms with Crippen LogP contribution in [0.1, 0.15) is 11.1 Å². The zero-order valence-electron chi connectivity index (χ0n) is 36.8. The Balaban J connectivity index is 0.917. The van der Waals surface area contributed by atoms with Crippen LogP contribution in [0.3, 0.4) is 0 Å². The molecule has 5 aromatic heterocycles. The third kappa shape index (κ3) is 6.94. The third-order valence-corrected chi connectivity index (χ3v) is 11.8. The molecule has 11 rings (SSSR count). The van der Waals surface area contributed by atoms with Gasteiger partial charge in [-0.25, -0.2) is 9.97 Å². The Bertz CT molecular complexity index is 3650. The number of fused-ring (bicyclic) bond motifs is 6. The molecule has 0 aliphatic heterocycles. The summed E-state index contributed by atoms with van der Waals surface area (Å²) in [5, 5.41) is 4.46. The smallest absolute Gasteiger partial charge is 0.207 e. The molecule has 0 aliphatic carbocycles. The molecule has 0 fully saturated rings. The average molecular weight is 867 g/mol. The fourth-order valence-corrected chi connectivity index (χ4v) is 8.85. The zero-order valence-corrected chi connectivity index (χ0v) is 36.8.